The third-order valence-electron chi connectivity index (χ3n) is 4.73. The molecule has 1 aromatic heterocycles. The van der Waals surface area contributed by atoms with E-state index in [1.807, 2.05) is 0 Å². The molecule has 2 heterocycles. The van der Waals surface area contributed by atoms with E-state index in [9.17, 15) is 0 Å². The fourth-order valence-corrected chi connectivity index (χ4v) is 3.40. The molecule has 1 aromatic rings. The molecule has 1 saturated carbocycles. The molecule has 5 nitrogen and oxygen atoms in total. The van der Waals surface area contributed by atoms with Crippen molar-refractivity contribution in [1.29, 1.82) is 0 Å². The van der Waals surface area contributed by atoms with E-state index < -0.39 is 0 Å². The Balaban J connectivity index is 0.00000161. The van der Waals surface area contributed by atoms with Gasteiger partial charge in [-0.25, -0.2) is 0 Å². The van der Waals surface area contributed by atoms with Crippen molar-refractivity contribution in [3.05, 3.63) is 11.7 Å². The van der Waals surface area contributed by atoms with Crippen molar-refractivity contribution in [1.82, 2.24) is 20.4 Å². The SMILES string of the molecule is CN1CCNCC1c1noc(CC2CCCCCC2)n1.Cl. The minimum absolute atomic E-state index is 0. The van der Waals surface area contributed by atoms with Crippen LogP contribution in [0.25, 0.3) is 0 Å². The van der Waals surface area contributed by atoms with Gasteiger partial charge in [0.1, 0.15) is 0 Å². The van der Waals surface area contributed by atoms with Gasteiger partial charge in [0.2, 0.25) is 5.89 Å². The second kappa shape index (κ2) is 8.11. The average molecular weight is 315 g/mol. The van der Waals surface area contributed by atoms with Crippen LogP contribution in [0.15, 0.2) is 4.52 Å². The summed E-state index contributed by atoms with van der Waals surface area (Å²) < 4.78 is 5.49. The molecule has 1 aliphatic heterocycles. The first kappa shape index (κ1) is 16.7. The Morgan fingerprint density at radius 3 is 2.71 bits per heavy atom. The normalized spacial score (nSPS) is 25.3. The van der Waals surface area contributed by atoms with E-state index >= 15 is 0 Å². The van der Waals surface area contributed by atoms with Crippen LogP contribution < -0.4 is 5.32 Å². The van der Waals surface area contributed by atoms with Gasteiger partial charge in [-0.2, -0.15) is 4.98 Å². The van der Waals surface area contributed by atoms with Gasteiger partial charge >= 0.3 is 0 Å². The highest BCUT2D eigenvalue weighted by molar-refractivity contribution is 5.85. The van der Waals surface area contributed by atoms with E-state index in [1.165, 1.54) is 38.5 Å². The molecule has 1 unspecified atom stereocenters. The summed E-state index contributed by atoms with van der Waals surface area (Å²) in [6.45, 7) is 3.00. The van der Waals surface area contributed by atoms with Crippen LogP contribution in [0, 0.1) is 5.92 Å². The fourth-order valence-electron chi connectivity index (χ4n) is 3.40. The van der Waals surface area contributed by atoms with Crippen LogP contribution in [-0.4, -0.2) is 41.7 Å². The molecule has 6 heteroatoms. The van der Waals surface area contributed by atoms with Gasteiger partial charge in [-0.15, -0.1) is 12.4 Å². The lowest BCUT2D eigenvalue weighted by molar-refractivity contribution is 0.190. The molecular weight excluding hydrogens is 288 g/mol. The van der Waals surface area contributed by atoms with Gasteiger partial charge in [0.05, 0.1) is 6.04 Å². The van der Waals surface area contributed by atoms with Crippen molar-refractivity contribution in [2.75, 3.05) is 26.7 Å². The van der Waals surface area contributed by atoms with Crippen LogP contribution in [0.2, 0.25) is 0 Å². The number of nitrogens with one attached hydrogen (secondary N) is 1. The van der Waals surface area contributed by atoms with E-state index in [0.717, 1.165) is 43.7 Å². The highest BCUT2D eigenvalue weighted by atomic mass is 35.5. The third kappa shape index (κ3) is 4.41. The van der Waals surface area contributed by atoms with Crippen LogP contribution in [-0.2, 0) is 6.42 Å². The number of hydrogen-bond donors (Lipinski definition) is 1. The summed E-state index contributed by atoms with van der Waals surface area (Å²) in [4.78, 5) is 6.95. The van der Waals surface area contributed by atoms with E-state index in [0.29, 0.717) is 0 Å². The largest absolute Gasteiger partial charge is 0.339 e. The maximum atomic E-state index is 5.49. The molecule has 0 spiro atoms. The van der Waals surface area contributed by atoms with E-state index in [-0.39, 0.29) is 18.4 Å². The van der Waals surface area contributed by atoms with Gasteiger partial charge in [-0.3, -0.25) is 4.90 Å². The molecule has 1 saturated heterocycles. The third-order valence-corrected chi connectivity index (χ3v) is 4.73. The Bertz CT molecular complexity index is 418. The Labute approximate surface area is 133 Å². The van der Waals surface area contributed by atoms with Gasteiger partial charge < -0.3 is 9.84 Å². The highest BCUT2D eigenvalue weighted by Crippen LogP contribution is 2.26. The number of hydrogen-bond acceptors (Lipinski definition) is 5. The lowest BCUT2D eigenvalue weighted by atomic mass is 9.97. The summed E-state index contributed by atoms with van der Waals surface area (Å²) >= 11 is 0. The van der Waals surface area contributed by atoms with Crippen LogP contribution >= 0.6 is 12.4 Å². The number of aromatic nitrogens is 2. The summed E-state index contributed by atoms with van der Waals surface area (Å²) in [6, 6.07) is 0.260. The van der Waals surface area contributed by atoms with Crippen molar-refractivity contribution >= 4 is 12.4 Å². The Morgan fingerprint density at radius 2 is 2.00 bits per heavy atom. The second-order valence-corrected chi connectivity index (χ2v) is 6.31. The molecule has 3 rings (SSSR count). The van der Waals surface area contributed by atoms with Crippen LogP contribution in [0.5, 0.6) is 0 Å². The zero-order chi connectivity index (χ0) is 13.8. The molecule has 0 bridgehead atoms. The highest BCUT2D eigenvalue weighted by Gasteiger charge is 2.26. The van der Waals surface area contributed by atoms with Crippen LogP contribution in [0.3, 0.4) is 0 Å². The fraction of sp³-hybridized carbons (Fsp3) is 0.867. The molecule has 0 radical (unpaired) electrons. The quantitative estimate of drug-likeness (QED) is 0.869. The topological polar surface area (TPSA) is 54.2 Å². The summed E-state index contributed by atoms with van der Waals surface area (Å²) in [6.07, 6.45) is 9.12. The van der Waals surface area contributed by atoms with E-state index in [1.54, 1.807) is 0 Å². The smallest absolute Gasteiger partial charge is 0.226 e. The molecule has 1 N–H and O–H groups in total. The zero-order valence-electron chi connectivity index (χ0n) is 12.9. The van der Waals surface area contributed by atoms with Crippen molar-refractivity contribution in [3.63, 3.8) is 0 Å². The van der Waals surface area contributed by atoms with Crippen molar-refractivity contribution in [3.8, 4) is 0 Å². The molecular formula is C15H27ClN4O. The van der Waals surface area contributed by atoms with Crippen LogP contribution in [0.1, 0.15) is 56.3 Å². The summed E-state index contributed by atoms with van der Waals surface area (Å²) in [5.74, 6) is 2.43. The minimum atomic E-state index is 0. The number of rotatable bonds is 3. The minimum Gasteiger partial charge on any atom is -0.339 e. The first-order chi connectivity index (χ1) is 9.83. The Morgan fingerprint density at radius 1 is 1.24 bits per heavy atom. The number of halogens is 1. The predicted molar refractivity (Wildman–Crippen MR) is 84.7 cm³/mol. The molecule has 21 heavy (non-hydrogen) atoms. The molecule has 1 aliphatic carbocycles. The van der Waals surface area contributed by atoms with Crippen molar-refractivity contribution < 1.29 is 4.52 Å². The van der Waals surface area contributed by atoms with Gasteiger partial charge in [-0.05, 0) is 25.8 Å². The lowest BCUT2D eigenvalue weighted by Crippen LogP contribution is -2.44. The number of nitrogens with zero attached hydrogens (tertiary/aromatic N) is 3. The van der Waals surface area contributed by atoms with Gasteiger partial charge in [0.25, 0.3) is 0 Å². The maximum Gasteiger partial charge on any atom is 0.226 e. The molecule has 1 atom stereocenters. The van der Waals surface area contributed by atoms with Gasteiger partial charge in [0.15, 0.2) is 5.82 Å². The standard InChI is InChI=1S/C15H26N4O.ClH/c1-19-9-8-16-11-13(19)15-17-14(20-18-15)10-12-6-4-2-3-5-7-12;/h12-13,16H,2-11H2,1H3;1H. The second-order valence-electron chi connectivity index (χ2n) is 6.31. The number of likely N-dealkylation sites (N-methyl/N-ethyl adjacent to an activating group) is 1. The lowest BCUT2D eigenvalue weighted by Gasteiger charge is -2.30. The summed E-state index contributed by atoms with van der Waals surface area (Å²) in [5, 5.41) is 7.61. The zero-order valence-corrected chi connectivity index (χ0v) is 13.7. The first-order valence-corrected chi connectivity index (χ1v) is 8.06. The first-order valence-electron chi connectivity index (χ1n) is 8.06. The molecule has 0 amide bonds. The predicted octanol–water partition coefficient (Wildman–Crippen LogP) is 2.58. The average Bonchev–Trinajstić information content (AvgIpc) is 2.75. The van der Waals surface area contributed by atoms with Crippen molar-refractivity contribution in [2.24, 2.45) is 5.92 Å². The summed E-state index contributed by atoms with van der Waals surface area (Å²) in [7, 11) is 2.13. The van der Waals surface area contributed by atoms with E-state index in [4.69, 9.17) is 4.52 Å². The molecule has 0 aromatic carbocycles. The Kier molecular flexibility index (Phi) is 6.45. The molecule has 2 fully saturated rings. The van der Waals surface area contributed by atoms with E-state index in [2.05, 4.69) is 27.4 Å². The monoisotopic (exact) mass is 314 g/mol. The summed E-state index contributed by atoms with van der Waals surface area (Å²) in [5.41, 5.74) is 0. The molecule has 2 aliphatic rings. The maximum absolute atomic E-state index is 5.49. The Hall–Kier alpha value is -0.650. The molecule has 120 valence electrons. The van der Waals surface area contributed by atoms with Gasteiger partial charge in [0, 0.05) is 26.1 Å². The van der Waals surface area contributed by atoms with Crippen LogP contribution in [0.4, 0.5) is 0 Å². The number of piperazine rings is 1. The van der Waals surface area contributed by atoms with Crippen molar-refractivity contribution in [2.45, 2.75) is 51.0 Å². The van der Waals surface area contributed by atoms with Gasteiger partial charge in [-0.1, -0.05) is 30.8 Å².